The highest BCUT2D eigenvalue weighted by Crippen LogP contribution is 2.66. The zero-order valence-corrected chi connectivity index (χ0v) is 20.2. The minimum absolute atomic E-state index is 0.0893. The highest BCUT2D eigenvalue weighted by atomic mass is 16.4. The molecular formula is C26H44N2O4. The largest absolute Gasteiger partial charge is 0.480 e. The zero-order chi connectivity index (χ0) is 23.7. The number of carboxylic acids is 1. The third kappa shape index (κ3) is 4.55. The molecule has 0 radical (unpaired) electrons. The Morgan fingerprint density at radius 3 is 2.53 bits per heavy atom. The molecule has 182 valence electrons. The third-order valence-electron chi connectivity index (χ3n) is 9.82. The van der Waals surface area contributed by atoms with Crippen molar-refractivity contribution in [1.82, 2.24) is 0 Å². The summed E-state index contributed by atoms with van der Waals surface area (Å²) in [4.78, 5) is 22.1. The van der Waals surface area contributed by atoms with Crippen molar-refractivity contribution < 1.29 is 19.8 Å². The fraction of sp³-hybridized carbons (Fsp3) is 0.846. The molecule has 0 aliphatic heterocycles. The van der Waals surface area contributed by atoms with Crippen LogP contribution in [-0.4, -0.2) is 40.7 Å². The molecule has 6 heteroatoms. The van der Waals surface area contributed by atoms with Crippen molar-refractivity contribution in [3.63, 3.8) is 0 Å². The molecule has 0 heterocycles. The van der Waals surface area contributed by atoms with Crippen LogP contribution in [0.3, 0.4) is 0 Å². The second-order valence-corrected chi connectivity index (χ2v) is 11.3. The smallest absolute Gasteiger partial charge is 0.320 e. The molecule has 4 aliphatic rings. The number of carbonyl (C=O) groups excluding carboxylic acids is 1. The van der Waals surface area contributed by atoms with E-state index < -0.39 is 12.0 Å². The van der Waals surface area contributed by atoms with E-state index in [0.717, 1.165) is 37.5 Å². The number of carboxylic acid groups (broad SMARTS) is 1. The average Bonchev–Trinajstić information content (AvgIpc) is 3.04. The van der Waals surface area contributed by atoms with Crippen LogP contribution in [0.15, 0.2) is 11.6 Å². The first kappa shape index (κ1) is 25.4. The number of rotatable bonds is 5. The highest BCUT2D eigenvalue weighted by Gasteiger charge is 2.60. The average molecular weight is 449 g/mol. The number of nitrogens with two attached hydrogens (primary N) is 2. The van der Waals surface area contributed by atoms with Gasteiger partial charge in [-0.15, -0.1) is 0 Å². The van der Waals surface area contributed by atoms with Crippen LogP contribution in [0.1, 0.15) is 85.0 Å². The molecule has 4 aliphatic carbocycles. The molecule has 0 aromatic carbocycles. The summed E-state index contributed by atoms with van der Waals surface area (Å²) in [5, 5.41) is 18.8. The predicted molar refractivity (Wildman–Crippen MR) is 126 cm³/mol. The van der Waals surface area contributed by atoms with Gasteiger partial charge in [0.1, 0.15) is 6.04 Å². The first-order valence-corrected chi connectivity index (χ1v) is 12.6. The molecule has 6 N–H and O–H groups in total. The standard InChI is InChI=1S/C20H30O2.C6H14N2O2/c1-12-10-14(21)11-13-4-5-15-16-6-7-18(22)19(16,2)9-8-17(15)20(12,13)3;7-4-2-1-3-5(8)6(9)10/h10,13,15-18,22H,4-9,11H2,1-3H3;5H,1-4,7-8H2,(H,9,10)/t13-,15-,16-,17-,18-,19-,20-;5-/m00/s1. The van der Waals surface area contributed by atoms with Gasteiger partial charge in [-0.1, -0.05) is 25.8 Å². The molecule has 8 atom stereocenters. The lowest BCUT2D eigenvalue weighted by atomic mass is 9.45. The van der Waals surface area contributed by atoms with Gasteiger partial charge in [0, 0.05) is 6.42 Å². The van der Waals surface area contributed by atoms with Crippen LogP contribution in [0.5, 0.6) is 0 Å². The van der Waals surface area contributed by atoms with Gasteiger partial charge in [0.2, 0.25) is 0 Å². The summed E-state index contributed by atoms with van der Waals surface area (Å²) in [5.41, 5.74) is 12.1. The van der Waals surface area contributed by atoms with Crippen LogP contribution in [-0.2, 0) is 9.59 Å². The van der Waals surface area contributed by atoms with E-state index in [4.69, 9.17) is 16.6 Å². The van der Waals surface area contributed by atoms with Gasteiger partial charge in [0.05, 0.1) is 6.10 Å². The number of carbonyl (C=O) groups is 2. The van der Waals surface area contributed by atoms with Crippen molar-refractivity contribution in [3.8, 4) is 0 Å². The summed E-state index contributed by atoms with van der Waals surface area (Å²) in [7, 11) is 0. The molecule has 0 unspecified atom stereocenters. The molecule has 3 fully saturated rings. The van der Waals surface area contributed by atoms with E-state index >= 15 is 0 Å². The number of aliphatic carboxylic acids is 1. The number of hydrogen-bond donors (Lipinski definition) is 4. The lowest BCUT2D eigenvalue weighted by Gasteiger charge is -2.60. The normalized spacial score (nSPS) is 41.4. The molecule has 4 rings (SSSR count). The van der Waals surface area contributed by atoms with Crippen molar-refractivity contribution in [3.05, 3.63) is 11.6 Å². The van der Waals surface area contributed by atoms with Crippen LogP contribution >= 0.6 is 0 Å². The molecule has 0 aromatic heterocycles. The Bertz CT molecular complexity index is 737. The summed E-state index contributed by atoms with van der Waals surface area (Å²) in [6, 6.07) is -0.716. The number of fused-ring (bicyclic) bond motifs is 5. The Morgan fingerprint density at radius 2 is 1.88 bits per heavy atom. The Kier molecular flexibility index (Phi) is 7.89. The Hall–Kier alpha value is -1.24. The number of unbranched alkanes of at least 4 members (excludes halogenated alkanes) is 1. The van der Waals surface area contributed by atoms with Crippen molar-refractivity contribution in [2.75, 3.05) is 6.54 Å². The highest BCUT2D eigenvalue weighted by molar-refractivity contribution is 5.91. The topological polar surface area (TPSA) is 127 Å². The second kappa shape index (κ2) is 9.94. The minimum Gasteiger partial charge on any atom is -0.480 e. The lowest BCUT2D eigenvalue weighted by molar-refractivity contribution is -0.138. The number of ketones is 1. The molecule has 0 amide bonds. The quantitative estimate of drug-likeness (QED) is 0.476. The maximum absolute atomic E-state index is 12.0. The van der Waals surface area contributed by atoms with Crippen LogP contribution in [0, 0.1) is 34.5 Å². The summed E-state index contributed by atoms with van der Waals surface area (Å²) >= 11 is 0. The van der Waals surface area contributed by atoms with Crippen LogP contribution < -0.4 is 11.5 Å². The van der Waals surface area contributed by atoms with Gasteiger partial charge >= 0.3 is 5.97 Å². The molecule has 0 saturated heterocycles. The van der Waals surface area contributed by atoms with Gasteiger partial charge in [-0.25, -0.2) is 0 Å². The molecule has 0 aromatic rings. The Balaban J connectivity index is 0.000000247. The van der Waals surface area contributed by atoms with Gasteiger partial charge in [-0.05, 0) is 105 Å². The second-order valence-electron chi connectivity index (χ2n) is 11.3. The Morgan fingerprint density at radius 1 is 1.16 bits per heavy atom. The third-order valence-corrected chi connectivity index (χ3v) is 9.82. The van der Waals surface area contributed by atoms with Crippen molar-refractivity contribution >= 4 is 11.8 Å². The summed E-state index contributed by atoms with van der Waals surface area (Å²) < 4.78 is 0. The number of allylic oxidation sites excluding steroid dienone is 2. The summed E-state index contributed by atoms with van der Waals surface area (Å²) in [6.07, 6.45) is 11.9. The number of hydrogen-bond acceptors (Lipinski definition) is 5. The first-order valence-electron chi connectivity index (χ1n) is 12.6. The molecule has 3 saturated carbocycles. The minimum atomic E-state index is -0.933. The number of aliphatic hydroxyl groups is 1. The van der Waals surface area contributed by atoms with E-state index in [0.29, 0.717) is 30.6 Å². The molecule has 0 spiro atoms. The van der Waals surface area contributed by atoms with Crippen molar-refractivity contribution in [2.24, 2.45) is 46.0 Å². The van der Waals surface area contributed by atoms with Gasteiger partial charge in [0.25, 0.3) is 0 Å². The van der Waals surface area contributed by atoms with Gasteiger partial charge < -0.3 is 21.7 Å². The fourth-order valence-corrected chi connectivity index (χ4v) is 7.66. The van der Waals surface area contributed by atoms with E-state index in [9.17, 15) is 14.7 Å². The molecule has 6 nitrogen and oxygen atoms in total. The maximum Gasteiger partial charge on any atom is 0.320 e. The molecular weight excluding hydrogens is 404 g/mol. The van der Waals surface area contributed by atoms with Crippen molar-refractivity contribution in [2.45, 2.75) is 97.1 Å². The van der Waals surface area contributed by atoms with E-state index in [1.807, 2.05) is 6.08 Å². The number of aliphatic hydroxyl groups excluding tert-OH is 1. The van der Waals surface area contributed by atoms with E-state index in [2.05, 4.69) is 20.8 Å². The van der Waals surface area contributed by atoms with Crippen molar-refractivity contribution in [1.29, 1.82) is 0 Å². The monoisotopic (exact) mass is 448 g/mol. The molecule has 32 heavy (non-hydrogen) atoms. The van der Waals surface area contributed by atoms with Crippen LogP contribution in [0.25, 0.3) is 0 Å². The predicted octanol–water partition coefficient (Wildman–Crippen LogP) is 3.65. The fourth-order valence-electron chi connectivity index (χ4n) is 7.66. The maximum atomic E-state index is 12.0. The Labute approximate surface area is 193 Å². The van der Waals surface area contributed by atoms with Crippen LogP contribution in [0.4, 0.5) is 0 Å². The van der Waals surface area contributed by atoms with Gasteiger partial charge in [-0.3, -0.25) is 9.59 Å². The van der Waals surface area contributed by atoms with Gasteiger partial charge in [-0.2, -0.15) is 0 Å². The lowest BCUT2D eigenvalue weighted by Crippen LogP contribution is -2.54. The van der Waals surface area contributed by atoms with Gasteiger partial charge in [0.15, 0.2) is 5.78 Å². The van der Waals surface area contributed by atoms with E-state index in [1.165, 1.54) is 37.7 Å². The molecule has 0 bridgehead atoms. The SMILES string of the molecule is CC1=CC(=O)C[C@@H]2CC[C@H]3[C@@H]4CC[C@H](O)[C@@]4(C)CC[C@@H]3[C@@]12C.NCCCC[C@H](N)C(=O)O. The summed E-state index contributed by atoms with van der Waals surface area (Å²) in [5.74, 6) is 2.14. The first-order chi connectivity index (χ1) is 15.1. The zero-order valence-electron chi connectivity index (χ0n) is 20.2. The van der Waals surface area contributed by atoms with E-state index in [-0.39, 0.29) is 16.9 Å². The van der Waals surface area contributed by atoms with Crippen LogP contribution in [0.2, 0.25) is 0 Å². The summed E-state index contributed by atoms with van der Waals surface area (Å²) in [6.45, 7) is 7.59. The van der Waals surface area contributed by atoms with E-state index in [1.54, 1.807) is 0 Å².